The Kier molecular flexibility index (Phi) is 3.64. The lowest BCUT2D eigenvalue weighted by atomic mass is 9.88. The summed E-state index contributed by atoms with van der Waals surface area (Å²) in [6.45, 7) is 1.88. The minimum Gasteiger partial charge on any atom is -0.481 e. The molecule has 5 nitrogen and oxygen atoms in total. The fraction of sp³-hybridized carbons (Fsp3) is 0.357. The summed E-state index contributed by atoms with van der Waals surface area (Å²) < 4.78 is 0. The number of rotatable bonds is 2. The third-order valence-corrected chi connectivity index (χ3v) is 3.47. The summed E-state index contributed by atoms with van der Waals surface area (Å²) in [4.78, 5) is 36.5. The number of piperidine rings is 1. The standard InChI is InChI=1S/C14H15NO4/c1-9-12(14(18)19)11(16)7-8-15(9)13(17)10-5-3-2-4-6-10/h2-6,9,12H,7-8H2,1H3,(H,18,19). The Hall–Kier alpha value is -2.17. The van der Waals surface area contributed by atoms with E-state index in [-0.39, 0.29) is 24.7 Å². The second-order valence-corrected chi connectivity index (χ2v) is 4.64. The molecule has 1 amide bonds. The van der Waals surface area contributed by atoms with Gasteiger partial charge in [-0.2, -0.15) is 0 Å². The van der Waals surface area contributed by atoms with Crippen molar-refractivity contribution in [3.8, 4) is 0 Å². The first kappa shape index (κ1) is 13.3. The van der Waals surface area contributed by atoms with Crippen LogP contribution in [0.1, 0.15) is 23.7 Å². The Morgan fingerprint density at radius 3 is 2.47 bits per heavy atom. The number of ketones is 1. The van der Waals surface area contributed by atoms with Crippen LogP contribution in [0, 0.1) is 5.92 Å². The van der Waals surface area contributed by atoms with E-state index in [2.05, 4.69) is 0 Å². The van der Waals surface area contributed by atoms with Crippen LogP contribution in [0.2, 0.25) is 0 Å². The van der Waals surface area contributed by atoms with Gasteiger partial charge in [-0.1, -0.05) is 18.2 Å². The summed E-state index contributed by atoms with van der Waals surface area (Å²) in [5.41, 5.74) is 0.507. The molecule has 2 atom stereocenters. The number of benzene rings is 1. The lowest BCUT2D eigenvalue weighted by Gasteiger charge is -2.36. The zero-order chi connectivity index (χ0) is 14.0. The molecule has 1 heterocycles. The normalized spacial score (nSPS) is 23.2. The summed E-state index contributed by atoms with van der Waals surface area (Å²) >= 11 is 0. The Morgan fingerprint density at radius 2 is 1.89 bits per heavy atom. The van der Waals surface area contributed by atoms with Crippen LogP contribution in [0.5, 0.6) is 0 Å². The molecule has 100 valence electrons. The summed E-state index contributed by atoms with van der Waals surface area (Å²) in [5, 5.41) is 9.09. The fourth-order valence-corrected chi connectivity index (χ4v) is 2.42. The third kappa shape index (κ3) is 2.50. The van der Waals surface area contributed by atoms with Crippen molar-refractivity contribution < 1.29 is 19.5 Å². The first-order chi connectivity index (χ1) is 9.02. The highest BCUT2D eigenvalue weighted by Gasteiger charge is 2.41. The predicted octanol–water partition coefficient (Wildman–Crippen LogP) is 1.19. The average Bonchev–Trinajstić information content (AvgIpc) is 2.39. The first-order valence-electron chi connectivity index (χ1n) is 6.14. The van der Waals surface area contributed by atoms with E-state index in [1.165, 1.54) is 4.90 Å². The molecule has 1 N–H and O–H groups in total. The number of nitrogens with zero attached hydrogens (tertiary/aromatic N) is 1. The Balaban J connectivity index is 2.24. The molecule has 0 aromatic heterocycles. The maximum Gasteiger partial charge on any atom is 0.316 e. The van der Waals surface area contributed by atoms with Crippen LogP contribution in [-0.4, -0.2) is 40.3 Å². The summed E-state index contributed by atoms with van der Waals surface area (Å²) in [5.74, 6) is -2.83. The van der Waals surface area contributed by atoms with Gasteiger partial charge in [0.15, 0.2) is 5.78 Å². The Bertz CT molecular complexity index is 511. The quantitative estimate of drug-likeness (QED) is 0.811. The van der Waals surface area contributed by atoms with Gasteiger partial charge in [0.2, 0.25) is 0 Å². The van der Waals surface area contributed by atoms with Gasteiger partial charge in [-0.15, -0.1) is 0 Å². The van der Waals surface area contributed by atoms with Gasteiger partial charge in [-0.25, -0.2) is 0 Å². The molecular formula is C14H15NO4. The fourth-order valence-electron chi connectivity index (χ4n) is 2.42. The van der Waals surface area contributed by atoms with Gasteiger partial charge in [0.25, 0.3) is 5.91 Å². The van der Waals surface area contributed by atoms with Crippen molar-refractivity contribution in [2.75, 3.05) is 6.54 Å². The van der Waals surface area contributed by atoms with Gasteiger partial charge < -0.3 is 10.0 Å². The van der Waals surface area contributed by atoms with E-state index in [1.807, 2.05) is 0 Å². The van der Waals surface area contributed by atoms with Crippen molar-refractivity contribution in [3.63, 3.8) is 0 Å². The van der Waals surface area contributed by atoms with Crippen LogP contribution in [0.3, 0.4) is 0 Å². The van der Waals surface area contributed by atoms with Crippen molar-refractivity contribution in [1.29, 1.82) is 0 Å². The topological polar surface area (TPSA) is 74.7 Å². The lowest BCUT2D eigenvalue weighted by Crippen LogP contribution is -2.53. The van der Waals surface area contributed by atoms with Gasteiger partial charge >= 0.3 is 5.97 Å². The van der Waals surface area contributed by atoms with Crippen LogP contribution in [0.4, 0.5) is 0 Å². The van der Waals surface area contributed by atoms with Crippen molar-refractivity contribution in [1.82, 2.24) is 4.90 Å². The van der Waals surface area contributed by atoms with E-state index in [4.69, 9.17) is 5.11 Å². The van der Waals surface area contributed by atoms with Crippen LogP contribution >= 0.6 is 0 Å². The second-order valence-electron chi connectivity index (χ2n) is 4.64. The zero-order valence-corrected chi connectivity index (χ0v) is 10.6. The molecule has 19 heavy (non-hydrogen) atoms. The number of aliphatic carboxylic acids is 1. The lowest BCUT2D eigenvalue weighted by molar-refractivity contribution is -0.150. The summed E-state index contributed by atoms with van der Waals surface area (Å²) in [7, 11) is 0. The van der Waals surface area contributed by atoms with E-state index >= 15 is 0 Å². The smallest absolute Gasteiger partial charge is 0.316 e. The second kappa shape index (κ2) is 5.22. The maximum atomic E-state index is 12.3. The molecule has 0 bridgehead atoms. The molecular weight excluding hydrogens is 246 g/mol. The highest BCUT2D eigenvalue weighted by Crippen LogP contribution is 2.23. The van der Waals surface area contributed by atoms with Crippen molar-refractivity contribution >= 4 is 17.7 Å². The zero-order valence-electron chi connectivity index (χ0n) is 10.6. The number of hydrogen-bond donors (Lipinski definition) is 1. The van der Waals surface area contributed by atoms with Crippen LogP contribution < -0.4 is 0 Å². The SMILES string of the molecule is CC1C(C(=O)O)C(=O)CCN1C(=O)c1ccccc1. The maximum absolute atomic E-state index is 12.3. The number of carboxylic acids is 1. The molecule has 0 radical (unpaired) electrons. The van der Waals surface area contributed by atoms with Gasteiger partial charge in [0, 0.05) is 24.6 Å². The summed E-state index contributed by atoms with van der Waals surface area (Å²) in [6.07, 6.45) is 0.0971. The van der Waals surface area contributed by atoms with Crippen molar-refractivity contribution in [3.05, 3.63) is 35.9 Å². The number of carbonyl (C=O) groups excluding carboxylic acids is 2. The minimum absolute atomic E-state index is 0.0971. The first-order valence-corrected chi connectivity index (χ1v) is 6.14. The van der Waals surface area contributed by atoms with Gasteiger partial charge in [0.1, 0.15) is 5.92 Å². The number of amides is 1. The molecule has 0 aliphatic carbocycles. The average molecular weight is 261 g/mol. The Labute approximate surface area is 110 Å². The predicted molar refractivity (Wildman–Crippen MR) is 67.7 cm³/mol. The number of carbonyl (C=O) groups is 3. The van der Waals surface area contributed by atoms with Crippen molar-refractivity contribution in [2.24, 2.45) is 5.92 Å². The monoisotopic (exact) mass is 261 g/mol. The largest absolute Gasteiger partial charge is 0.481 e. The van der Waals surface area contributed by atoms with Crippen LogP contribution in [0.15, 0.2) is 30.3 Å². The van der Waals surface area contributed by atoms with Crippen molar-refractivity contribution in [2.45, 2.75) is 19.4 Å². The molecule has 0 spiro atoms. The molecule has 1 aliphatic heterocycles. The Morgan fingerprint density at radius 1 is 1.26 bits per heavy atom. The molecule has 1 fully saturated rings. The van der Waals surface area contributed by atoms with Crippen LogP contribution in [0.25, 0.3) is 0 Å². The highest BCUT2D eigenvalue weighted by atomic mass is 16.4. The van der Waals surface area contributed by atoms with Gasteiger partial charge in [-0.05, 0) is 19.1 Å². The summed E-state index contributed by atoms with van der Waals surface area (Å²) in [6, 6.07) is 8.05. The molecule has 1 aromatic carbocycles. The van der Waals surface area contributed by atoms with E-state index in [0.717, 1.165) is 0 Å². The molecule has 1 aliphatic rings. The minimum atomic E-state index is -1.16. The third-order valence-electron chi connectivity index (χ3n) is 3.47. The molecule has 1 saturated heterocycles. The molecule has 0 saturated carbocycles. The van der Waals surface area contributed by atoms with Gasteiger partial charge in [-0.3, -0.25) is 14.4 Å². The highest BCUT2D eigenvalue weighted by molar-refractivity contribution is 6.02. The number of carboxylic acid groups (broad SMARTS) is 1. The molecule has 2 unspecified atom stereocenters. The number of Topliss-reactive ketones (excluding diaryl/α,β-unsaturated/α-hetero) is 1. The van der Waals surface area contributed by atoms with Gasteiger partial charge in [0.05, 0.1) is 0 Å². The molecule has 2 rings (SSSR count). The van der Waals surface area contributed by atoms with E-state index in [9.17, 15) is 14.4 Å². The molecule has 5 heteroatoms. The molecule has 1 aromatic rings. The number of likely N-dealkylation sites (tertiary alicyclic amines) is 1. The van der Waals surface area contributed by atoms with E-state index in [0.29, 0.717) is 5.56 Å². The van der Waals surface area contributed by atoms with E-state index < -0.39 is 17.9 Å². The van der Waals surface area contributed by atoms with Crippen LogP contribution in [-0.2, 0) is 9.59 Å². The number of hydrogen-bond acceptors (Lipinski definition) is 3. The van der Waals surface area contributed by atoms with E-state index in [1.54, 1.807) is 37.3 Å².